The first-order valence-electron chi connectivity index (χ1n) is 5.23. The van der Waals surface area contributed by atoms with Gasteiger partial charge in [-0.3, -0.25) is 0 Å². The topological polar surface area (TPSA) is 40.5 Å². The minimum atomic E-state index is -0.287. The number of aliphatic hydroxyl groups excluding tert-OH is 2. The van der Waals surface area contributed by atoms with Crippen LogP contribution in [-0.4, -0.2) is 22.4 Å². The summed E-state index contributed by atoms with van der Waals surface area (Å²) in [5.41, 5.74) is 0. The van der Waals surface area contributed by atoms with Crippen molar-refractivity contribution in [3.05, 3.63) is 25.3 Å². The maximum atomic E-state index is 8.74. The first kappa shape index (κ1) is 15.9. The summed E-state index contributed by atoms with van der Waals surface area (Å²) in [6.07, 6.45) is 6.26. The summed E-state index contributed by atoms with van der Waals surface area (Å²) in [6.45, 7) is 10.9. The lowest BCUT2D eigenvalue weighted by atomic mass is 10.2. The molecule has 0 aromatic rings. The molecule has 2 atom stereocenters. The predicted octanol–water partition coefficient (Wildman–Crippen LogP) is 2.67. The van der Waals surface area contributed by atoms with E-state index >= 15 is 0 Å². The smallest absolute Gasteiger partial charge is 0.0718 e. The van der Waals surface area contributed by atoms with Gasteiger partial charge in [0.05, 0.1) is 12.2 Å². The van der Waals surface area contributed by atoms with Crippen LogP contribution in [0, 0.1) is 0 Å². The van der Waals surface area contributed by atoms with Crippen LogP contribution in [-0.2, 0) is 0 Å². The monoisotopic (exact) mass is 200 g/mol. The first-order chi connectivity index (χ1) is 6.62. The van der Waals surface area contributed by atoms with Gasteiger partial charge < -0.3 is 10.2 Å². The molecule has 0 aromatic carbocycles. The van der Waals surface area contributed by atoms with Gasteiger partial charge in [-0.05, 0) is 12.8 Å². The highest BCUT2D eigenvalue weighted by molar-refractivity contribution is 4.77. The molecule has 0 amide bonds. The van der Waals surface area contributed by atoms with Gasteiger partial charge in [0, 0.05) is 0 Å². The highest BCUT2D eigenvalue weighted by Crippen LogP contribution is 1.94. The Balaban J connectivity index is 0. The van der Waals surface area contributed by atoms with Crippen LogP contribution in [0.25, 0.3) is 0 Å². The van der Waals surface area contributed by atoms with Gasteiger partial charge in [-0.2, -0.15) is 0 Å². The standard InChI is InChI=1S/2C6H12O/c2*1-3-5-6(7)4-2/h2*4,6-7H,2-3,5H2,1H3. The van der Waals surface area contributed by atoms with E-state index in [9.17, 15) is 0 Å². The second-order valence-corrected chi connectivity index (χ2v) is 3.18. The molecule has 0 fully saturated rings. The Morgan fingerprint density at radius 1 is 0.929 bits per heavy atom. The van der Waals surface area contributed by atoms with Crippen LogP contribution < -0.4 is 0 Å². The van der Waals surface area contributed by atoms with Gasteiger partial charge in [-0.15, -0.1) is 13.2 Å². The molecule has 0 saturated heterocycles. The average molecular weight is 200 g/mol. The molecule has 2 N–H and O–H groups in total. The quantitative estimate of drug-likeness (QED) is 0.647. The zero-order chi connectivity index (χ0) is 11.4. The number of aliphatic hydroxyl groups is 2. The lowest BCUT2D eigenvalue weighted by molar-refractivity contribution is 0.211. The zero-order valence-corrected chi connectivity index (χ0v) is 9.45. The minimum Gasteiger partial charge on any atom is -0.389 e. The lowest BCUT2D eigenvalue weighted by Crippen LogP contribution is -1.98. The van der Waals surface area contributed by atoms with Crippen molar-refractivity contribution in [3.8, 4) is 0 Å². The van der Waals surface area contributed by atoms with Crippen molar-refractivity contribution in [2.75, 3.05) is 0 Å². The molecule has 0 saturated carbocycles. The van der Waals surface area contributed by atoms with Gasteiger partial charge in [0.15, 0.2) is 0 Å². The summed E-state index contributed by atoms with van der Waals surface area (Å²) in [7, 11) is 0. The number of hydrogen-bond donors (Lipinski definition) is 2. The number of hydrogen-bond acceptors (Lipinski definition) is 2. The van der Waals surface area contributed by atoms with Crippen molar-refractivity contribution in [2.45, 2.75) is 51.7 Å². The van der Waals surface area contributed by atoms with Crippen molar-refractivity contribution in [3.63, 3.8) is 0 Å². The molecular weight excluding hydrogens is 176 g/mol. The van der Waals surface area contributed by atoms with Crippen molar-refractivity contribution < 1.29 is 10.2 Å². The molecule has 0 spiro atoms. The van der Waals surface area contributed by atoms with Gasteiger partial charge in [0.1, 0.15) is 0 Å². The Bertz CT molecular complexity index is 116. The van der Waals surface area contributed by atoms with E-state index in [1.54, 1.807) is 12.2 Å². The summed E-state index contributed by atoms with van der Waals surface area (Å²) in [5, 5.41) is 17.5. The molecule has 14 heavy (non-hydrogen) atoms. The summed E-state index contributed by atoms with van der Waals surface area (Å²) >= 11 is 0. The third kappa shape index (κ3) is 14.0. The second-order valence-electron chi connectivity index (χ2n) is 3.18. The Hall–Kier alpha value is -0.600. The molecule has 0 aliphatic rings. The van der Waals surface area contributed by atoms with Gasteiger partial charge in [-0.25, -0.2) is 0 Å². The molecule has 84 valence electrons. The van der Waals surface area contributed by atoms with Crippen LogP contribution in [0.1, 0.15) is 39.5 Å². The molecule has 0 aliphatic heterocycles. The van der Waals surface area contributed by atoms with Crippen LogP contribution >= 0.6 is 0 Å². The summed E-state index contributed by atoms with van der Waals surface area (Å²) in [6, 6.07) is 0. The molecular formula is C12H24O2. The van der Waals surface area contributed by atoms with E-state index in [1.165, 1.54) is 0 Å². The Morgan fingerprint density at radius 3 is 1.29 bits per heavy atom. The first-order valence-corrected chi connectivity index (χ1v) is 5.23. The Labute approximate surface area is 88.0 Å². The third-order valence-electron chi connectivity index (χ3n) is 1.71. The van der Waals surface area contributed by atoms with Crippen LogP contribution in [0.3, 0.4) is 0 Å². The molecule has 0 heterocycles. The van der Waals surface area contributed by atoms with Crippen LogP contribution in [0.2, 0.25) is 0 Å². The van der Waals surface area contributed by atoms with E-state index in [1.807, 2.05) is 13.8 Å². The third-order valence-corrected chi connectivity index (χ3v) is 1.71. The summed E-state index contributed by atoms with van der Waals surface area (Å²) in [5.74, 6) is 0. The van der Waals surface area contributed by atoms with Crippen LogP contribution in [0.5, 0.6) is 0 Å². The van der Waals surface area contributed by atoms with Crippen molar-refractivity contribution in [1.82, 2.24) is 0 Å². The SMILES string of the molecule is C=CC(O)CCC.C=CC(O)CCC. The maximum absolute atomic E-state index is 8.74. The lowest BCUT2D eigenvalue weighted by Gasteiger charge is -1.97. The molecule has 0 rings (SSSR count). The highest BCUT2D eigenvalue weighted by Gasteiger charge is 1.91. The Kier molecular flexibility index (Phi) is 14.0. The minimum absolute atomic E-state index is 0.287. The summed E-state index contributed by atoms with van der Waals surface area (Å²) < 4.78 is 0. The van der Waals surface area contributed by atoms with Crippen LogP contribution in [0.15, 0.2) is 25.3 Å². The molecule has 0 bridgehead atoms. The second kappa shape index (κ2) is 12.4. The fourth-order valence-electron chi connectivity index (χ4n) is 0.827. The summed E-state index contributed by atoms with van der Waals surface area (Å²) in [4.78, 5) is 0. The molecule has 0 radical (unpaired) electrons. The molecule has 0 aliphatic carbocycles. The van der Waals surface area contributed by atoms with Crippen molar-refractivity contribution in [2.24, 2.45) is 0 Å². The van der Waals surface area contributed by atoms with E-state index in [2.05, 4.69) is 13.2 Å². The molecule has 2 nitrogen and oxygen atoms in total. The van der Waals surface area contributed by atoms with Gasteiger partial charge in [0.25, 0.3) is 0 Å². The van der Waals surface area contributed by atoms with E-state index in [0.717, 1.165) is 25.7 Å². The van der Waals surface area contributed by atoms with Crippen molar-refractivity contribution in [1.29, 1.82) is 0 Å². The van der Waals surface area contributed by atoms with E-state index in [0.29, 0.717) is 0 Å². The molecule has 2 heteroatoms. The zero-order valence-electron chi connectivity index (χ0n) is 9.45. The van der Waals surface area contributed by atoms with E-state index < -0.39 is 0 Å². The van der Waals surface area contributed by atoms with E-state index in [-0.39, 0.29) is 12.2 Å². The fraction of sp³-hybridized carbons (Fsp3) is 0.667. The van der Waals surface area contributed by atoms with Gasteiger partial charge in [-0.1, -0.05) is 38.8 Å². The van der Waals surface area contributed by atoms with Gasteiger partial charge >= 0.3 is 0 Å². The normalized spacial score (nSPS) is 13.4. The van der Waals surface area contributed by atoms with Crippen LogP contribution in [0.4, 0.5) is 0 Å². The predicted molar refractivity (Wildman–Crippen MR) is 62.2 cm³/mol. The van der Waals surface area contributed by atoms with E-state index in [4.69, 9.17) is 10.2 Å². The fourth-order valence-corrected chi connectivity index (χ4v) is 0.827. The molecule has 0 aromatic heterocycles. The maximum Gasteiger partial charge on any atom is 0.0718 e. The average Bonchev–Trinajstić information content (AvgIpc) is 2.19. The van der Waals surface area contributed by atoms with Gasteiger partial charge in [0.2, 0.25) is 0 Å². The van der Waals surface area contributed by atoms with Crippen molar-refractivity contribution >= 4 is 0 Å². The largest absolute Gasteiger partial charge is 0.389 e. The highest BCUT2D eigenvalue weighted by atomic mass is 16.3. The Morgan fingerprint density at radius 2 is 1.21 bits per heavy atom. The number of rotatable bonds is 6. The molecule has 2 unspecified atom stereocenters.